The van der Waals surface area contributed by atoms with Crippen LogP contribution in [0.1, 0.15) is 36.3 Å². The molecule has 1 heterocycles. The van der Waals surface area contributed by atoms with Gasteiger partial charge >= 0.3 is 0 Å². The molecule has 1 aromatic carbocycles. The van der Waals surface area contributed by atoms with Gasteiger partial charge in [-0.1, -0.05) is 44.2 Å². The minimum absolute atomic E-state index is 0.0489. The molecule has 0 bridgehead atoms. The van der Waals surface area contributed by atoms with E-state index in [2.05, 4.69) is 18.7 Å². The van der Waals surface area contributed by atoms with Gasteiger partial charge in [0.2, 0.25) is 5.78 Å². The normalized spacial score (nSPS) is 10.9. The monoisotopic (exact) mass is 312 g/mol. The predicted molar refractivity (Wildman–Crippen MR) is 91.7 cm³/mol. The predicted octanol–water partition coefficient (Wildman–Crippen LogP) is 3.02. The first-order valence-corrected chi connectivity index (χ1v) is 8.14. The van der Waals surface area contributed by atoms with Crippen LogP contribution in [0.2, 0.25) is 0 Å². The maximum absolute atomic E-state index is 12.5. The summed E-state index contributed by atoms with van der Waals surface area (Å²) in [6.07, 6.45) is 2.31. The number of benzene rings is 1. The molecule has 0 aliphatic carbocycles. The number of carbonyl (C=O) groups excluding carboxylic acids is 2. The Bertz CT molecular complexity index is 642. The number of rotatable bonds is 9. The van der Waals surface area contributed by atoms with E-state index in [1.54, 1.807) is 29.0 Å². The topological polar surface area (TPSA) is 42.3 Å². The van der Waals surface area contributed by atoms with Gasteiger partial charge in [0.05, 0.1) is 12.2 Å². The Morgan fingerprint density at radius 1 is 1.00 bits per heavy atom. The third-order valence-corrected chi connectivity index (χ3v) is 4.05. The minimum atomic E-state index is -0.0489. The lowest BCUT2D eigenvalue weighted by molar-refractivity contribution is -0.119. The largest absolute Gasteiger partial charge is 0.337 e. The van der Waals surface area contributed by atoms with Crippen LogP contribution >= 0.6 is 0 Å². The number of nitrogens with zero attached hydrogens (tertiary/aromatic N) is 2. The van der Waals surface area contributed by atoms with E-state index in [0.29, 0.717) is 17.7 Å². The van der Waals surface area contributed by atoms with Crippen molar-refractivity contribution in [2.24, 2.45) is 0 Å². The van der Waals surface area contributed by atoms with E-state index in [-0.39, 0.29) is 18.1 Å². The molecule has 122 valence electrons. The van der Waals surface area contributed by atoms with Crippen LogP contribution in [0.25, 0.3) is 0 Å². The summed E-state index contributed by atoms with van der Waals surface area (Å²) >= 11 is 0. The zero-order chi connectivity index (χ0) is 16.7. The van der Waals surface area contributed by atoms with Gasteiger partial charge in [-0.3, -0.25) is 9.59 Å². The summed E-state index contributed by atoms with van der Waals surface area (Å²) in [6.45, 7) is 7.11. The molecule has 23 heavy (non-hydrogen) atoms. The number of hydrogen-bond donors (Lipinski definition) is 0. The zero-order valence-electron chi connectivity index (χ0n) is 13.9. The molecule has 2 aromatic rings. The molecule has 1 aromatic heterocycles. The maximum Gasteiger partial charge on any atom is 0.209 e. The third-order valence-electron chi connectivity index (χ3n) is 4.05. The molecule has 0 spiro atoms. The highest BCUT2D eigenvalue weighted by molar-refractivity contribution is 6.08. The smallest absolute Gasteiger partial charge is 0.209 e. The van der Waals surface area contributed by atoms with E-state index in [9.17, 15) is 9.59 Å². The van der Waals surface area contributed by atoms with Crippen LogP contribution in [0.15, 0.2) is 48.7 Å². The summed E-state index contributed by atoms with van der Waals surface area (Å²) < 4.78 is 1.75. The summed E-state index contributed by atoms with van der Waals surface area (Å²) in [5.74, 6) is 0.0994. The summed E-state index contributed by atoms with van der Waals surface area (Å²) in [4.78, 5) is 27.0. The van der Waals surface area contributed by atoms with Crippen molar-refractivity contribution < 1.29 is 9.59 Å². The van der Waals surface area contributed by atoms with Crippen LogP contribution in [0.5, 0.6) is 0 Å². The number of aromatic nitrogens is 1. The summed E-state index contributed by atoms with van der Waals surface area (Å²) in [7, 11) is 0. The Morgan fingerprint density at radius 3 is 2.35 bits per heavy atom. The van der Waals surface area contributed by atoms with Crippen LogP contribution < -0.4 is 0 Å². The van der Waals surface area contributed by atoms with Gasteiger partial charge in [-0.2, -0.15) is 0 Å². The number of carbonyl (C=O) groups is 2. The molecular weight excluding hydrogens is 288 g/mol. The van der Waals surface area contributed by atoms with Gasteiger partial charge in [-0.15, -0.1) is 0 Å². The fourth-order valence-corrected chi connectivity index (χ4v) is 2.59. The molecule has 4 heteroatoms. The molecule has 0 fully saturated rings. The lowest BCUT2D eigenvalue weighted by Gasteiger charge is -2.17. The van der Waals surface area contributed by atoms with Gasteiger partial charge < -0.3 is 9.47 Å². The van der Waals surface area contributed by atoms with E-state index in [1.807, 2.05) is 24.3 Å². The molecule has 0 aliphatic rings. The molecule has 0 N–H and O–H groups in total. The Kier molecular flexibility index (Phi) is 6.29. The van der Waals surface area contributed by atoms with Gasteiger partial charge in [0.25, 0.3) is 0 Å². The molecule has 0 saturated carbocycles. The third kappa shape index (κ3) is 4.63. The quantitative estimate of drug-likeness (QED) is 0.668. The second-order valence-corrected chi connectivity index (χ2v) is 5.53. The van der Waals surface area contributed by atoms with Crippen molar-refractivity contribution in [3.8, 4) is 0 Å². The lowest BCUT2D eigenvalue weighted by Crippen LogP contribution is -2.27. The lowest BCUT2D eigenvalue weighted by atomic mass is 10.1. The van der Waals surface area contributed by atoms with Crippen LogP contribution in [0.4, 0.5) is 0 Å². The van der Waals surface area contributed by atoms with E-state index < -0.39 is 0 Å². The van der Waals surface area contributed by atoms with E-state index in [0.717, 1.165) is 19.6 Å². The van der Waals surface area contributed by atoms with Gasteiger partial charge in [0, 0.05) is 24.7 Å². The summed E-state index contributed by atoms with van der Waals surface area (Å²) in [6, 6.07) is 12.7. The van der Waals surface area contributed by atoms with Crippen molar-refractivity contribution in [1.29, 1.82) is 0 Å². The molecule has 0 saturated heterocycles. The number of ketones is 2. The summed E-state index contributed by atoms with van der Waals surface area (Å²) in [5, 5.41) is 0. The minimum Gasteiger partial charge on any atom is -0.337 e. The molecule has 0 amide bonds. The molecular formula is C19H24N2O2. The number of hydrogen-bond acceptors (Lipinski definition) is 3. The average Bonchev–Trinajstić information content (AvgIpc) is 3.04. The SMILES string of the molecule is CCN(CC)CCC(=O)Cn1cccc1C(=O)c1ccccc1. The fourth-order valence-electron chi connectivity index (χ4n) is 2.59. The van der Waals surface area contributed by atoms with Crippen LogP contribution in [0, 0.1) is 0 Å². The van der Waals surface area contributed by atoms with Crippen molar-refractivity contribution >= 4 is 11.6 Å². The second kappa shape index (κ2) is 8.44. The highest BCUT2D eigenvalue weighted by atomic mass is 16.1. The van der Waals surface area contributed by atoms with Gasteiger partial charge in [0.15, 0.2) is 5.78 Å². The fraction of sp³-hybridized carbons (Fsp3) is 0.368. The van der Waals surface area contributed by atoms with Crippen LogP contribution in [-0.2, 0) is 11.3 Å². The Balaban J connectivity index is 2.01. The molecule has 0 radical (unpaired) electrons. The first-order chi connectivity index (χ1) is 11.2. The first-order valence-electron chi connectivity index (χ1n) is 8.14. The first kappa shape index (κ1) is 17.2. The maximum atomic E-state index is 12.5. The van der Waals surface area contributed by atoms with Crippen LogP contribution in [-0.4, -0.2) is 40.7 Å². The molecule has 0 aliphatic heterocycles. The van der Waals surface area contributed by atoms with Gasteiger partial charge in [-0.05, 0) is 25.2 Å². The van der Waals surface area contributed by atoms with E-state index >= 15 is 0 Å². The summed E-state index contributed by atoms with van der Waals surface area (Å²) in [5.41, 5.74) is 1.20. The molecule has 0 unspecified atom stereocenters. The van der Waals surface area contributed by atoms with Gasteiger partial charge in [-0.25, -0.2) is 0 Å². The van der Waals surface area contributed by atoms with E-state index in [4.69, 9.17) is 0 Å². The van der Waals surface area contributed by atoms with Crippen molar-refractivity contribution in [3.63, 3.8) is 0 Å². The molecule has 0 atom stereocenters. The number of Topliss-reactive ketones (excluding diaryl/α,β-unsaturated/α-hetero) is 1. The zero-order valence-corrected chi connectivity index (χ0v) is 13.9. The van der Waals surface area contributed by atoms with E-state index in [1.165, 1.54) is 0 Å². The van der Waals surface area contributed by atoms with Gasteiger partial charge in [0.1, 0.15) is 0 Å². The highest BCUT2D eigenvalue weighted by Crippen LogP contribution is 2.11. The standard InChI is InChI=1S/C19H24N2O2/c1-3-20(4-2)14-12-17(22)15-21-13-8-11-18(21)19(23)16-9-6-5-7-10-16/h5-11,13H,3-4,12,14-15H2,1-2H3. The highest BCUT2D eigenvalue weighted by Gasteiger charge is 2.15. The second-order valence-electron chi connectivity index (χ2n) is 5.53. The molecule has 4 nitrogen and oxygen atoms in total. The van der Waals surface area contributed by atoms with Crippen LogP contribution in [0.3, 0.4) is 0 Å². The average molecular weight is 312 g/mol. The van der Waals surface area contributed by atoms with Crippen molar-refractivity contribution in [1.82, 2.24) is 9.47 Å². The van der Waals surface area contributed by atoms with Crippen molar-refractivity contribution in [2.45, 2.75) is 26.8 Å². The molecule has 2 rings (SSSR count). The Morgan fingerprint density at radius 2 is 1.70 bits per heavy atom. The van der Waals surface area contributed by atoms with Crippen molar-refractivity contribution in [3.05, 3.63) is 59.9 Å². The Labute approximate surface area is 137 Å². The van der Waals surface area contributed by atoms with Crippen molar-refractivity contribution in [2.75, 3.05) is 19.6 Å². The Hall–Kier alpha value is -2.20.